The van der Waals surface area contributed by atoms with Crippen molar-refractivity contribution >= 4 is 15.9 Å². The maximum atomic E-state index is 13.4. The molecule has 1 amide bonds. The van der Waals surface area contributed by atoms with Gasteiger partial charge in [0.25, 0.3) is 5.91 Å². The van der Waals surface area contributed by atoms with E-state index in [1.807, 2.05) is 24.3 Å². The molecule has 1 fully saturated rings. The fourth-order valence-electron chi connectivity index (χ4n) is 4.32. The first kappa shape index (κ1) is 21.8. The Morgan fingerprint density at radius 3 is 2.42 bits per heavy atom. The number of benzene rings is 3. The summed E-state index contributed by atoms with van der Waals surface area (Å²) < 4.78 is 41.5. The van der Waals surface area contributed by atoms with Gasteiger partial charge in [-0.25, -0.2) is 12.8 Å². The first-order chi connectivity index (χ1) is 15.9. The van der Waals surface area contributed by atoms with Gasteiger partial charge in [-0.15, -0.1) is 0 Å². The molecule has 0 saturated heterocycles. The molecule has 7 heteroatoms. The smallest absolute Gasteiger partial charge is 0.254 e. The van der Waals surface area contributed by atoms with Crippen LogP contribution in [-0.4, -0.2) is 36.1 Å². The van der Waals surface area contributed by atoms with Crippen molar-refractivity contribution in [3.8, 4) is 0 Å². The van der Waals surface area contributed by atoms with Crippen molar-refractivity contribution in [3.05, 3.63) is 101 Å². The molecule has 0 aromatic heterocycles. The molecule has 0 unspecified atom stereocenters. The Hall–Kier alpha value is -3.03. The summed E-state index contributed by atoms with van der Waals surface area (Å²) in [6.07, 6.45) is 2.50. The van der Waals surface area contributed by atoms with Gasteiger partial charge in [-0.2, -0.15) is 4.31 Å². The fourth-order valence-corrected chi connectivity index (χ4v) is 5.78. The maximum absolute atomic E-state index is 13.4. The van der Waals surface area contributed by atoms with Gasteiger partial charge in [-0.3, -0.25) is 4.79 Å². The Labute approximate surface area is 193 Å². The lowest BCUT2D eigenvalue weighted by Crippen LogP contribution is -2.36. The van der Waals surface area contributed by atoms with E-state index in [9.17, 15) is 17.6 Å². The summed E-state index contributed by atoms with van der Waals surface area (Å²) >= 11 is 0. The van der Waals surface area contributed by atoms with E-state index in [1.165, 1.54) is 28.1 Å². The number of carbonyl (C=O) groups excluding carboxylic acids is 1. The van der Waals surface area contributed by atoms with Crippen LogP contribution in [0.15, 0.2) is 77.7 Å². The predicted octanol–water partition coefficient (Wildman–Crippen LogP) is 4.38. The summed E-state index contributed by atoms with van der Waals surface area (Å²) in [6.45, 7) is 1.11. The first-order valence-electron chi connectivity index (χ1n) is 11.1. The largest absolute Gasteiger partial charge is 0.331 e. The van der Waals surface area contributed by atoms with Crippen LogP contribution in [-0.2, 0) is 29.5 Å². The van der Waals surface area contributed by atoms with Gasteiger partial charge in [0.2, 0.25) is 10.0 Å². The SMILES string of the molecule is O=C(c1cccc(S(=O)(=O)N2CCc3ccccc3C2)c1)N(Cc1ccc(F)cc1)C1CC1. The van der Waals surface area contributed by atoms with Gasteiger partial charge in [-0.1, -0.05) is 42.5 Å². The minimum atomic E-state index is -3.73. The summed E-state index contributed by atoms with van der Waals surface area (Å²) in [5, 5.41) is 0. The molecule has 0 N–H and O–H groups in total. The van der Waals surface area contributed by atoms with Crippen LogP contribution in [0.1, 0.15) is 39.9 Å². The van der Waals surface area contributed by atoms with Crippen LogP contribution in [0.25, 0.3) is 0 Å². The van der Waals surface area contributed by atoms with E-state index in [1.54, 1.807) is 35.2 Å². The molecular weight excluding hydrogens is 439 g/mol. The maximum Gasteiger partial charge on any atom is 0.254 e. The highest BCUT2D eigenvalue weighted by Gasteiger charge is 2.34. The zero-order valence-corrected chi connectivity index (χ0v) is 19.0. The lowest BCUT2D eigenvalue weighted by molar-refractivity contribution is 0.0729. The molecule has 5 rings (SSSR count). The molecule has 1 aliphatic carbocycles. The van der Waals surface area contributed by atoms with Crippen LogP contribution in [0.2, 0.25) is 0 Å². The quantitative estimate of drug-likeness (QED) is 0.544. The predicted molar refractivity (Wildman–Crippen MR) is 123 cm³/mol. The topological polar surface area (TPSA) is 57.7 Å². The number of nitrogens with zero attached hydrogens (tertiary/aromatic N) is 2. The third-order valence-electron chi connectivity index (χ3n) is 6.33. The zero-order valence-electron chi connectivity index (χ0n) is 18.2. The Morgan fingerprint density at radius 2 is 1.70 bits per heavy atom. The molecule has 0 spiro atoms. The molecule has 2 aliphatic rings. The van der Waals surface area contributed by atoms with Crippen LogP contribution < -0.4 is 0 Å². The first-order valence-corrected chi connectivity index (χ1v) is 12.6. The number of sulfonamides is 1. The fraction of sp³-hybridized carbons (Fsp3) is 0.269. The molecule has 1 saturated carbocycles. The number of rotatable bonds is 6. The normalized spacial score (nSPS) is 16.3. The van der Waals surface area contributed by atoms with Crippen molar-refractivity contribution in [3.63, 3.8) is 0 Å². The average Bonchev–Trinajstić information content (AvgIpc) is 3.68. The van der Waals surface area contributed by atoms with Crippen LogP contribution in [0.3, 0.4) is 0 Å². The highest BCUT2D eigenvalue weighted by Crippen LogP contribution is 2.31. The van der Waals surface area contributed by atoms with Gasteiger partial charge in [0, 0.05) is 31.2 Å². The third-order valence-corrected chi connectivity index (χ3v) is 8.17. The molecule has 5 nitrogen and oxygen atoms in total. The molecule has 33 heavy (non-hydrogen) atoms. The molecule has 3 aromatic rings. The van der Waals surface area contributed by atoms with E-state index in [-0.39, 0.29) is 22.7 Å². The second-order valence-electron chi connectivity index (χ2n) is 8.68. The third kappa shape index (κ3) is 4.56. The van der Waals surface area contributed by atoms with E-state index in [4.69, 9.17) is 0 Å². The van der Waals surface area contributed by atoms with Crippen LogP contribution in [0.5, 0.6) is 0 Å². The number of amides is 1. The van der Waals surface area contributed by atoms with Crippen molar-refractivity contribution < 1.29 is 17.6 Å². The minimum Gasteiger partial charge on any atom is -0.331 e. The number of halogens is 1. The molecule has 3 aromatic carbocycles. The summed E-state index contributed by atoms with van der Waals surface area (Å²) in [7, 11) is -3.73. The Bertz CT molecular complexity index is 1290. The molecule has 0 radical (unpaired) electrons. The molecule has 0 atom stereocenters. The second kappa shape index (κ2) is 8.72. The Balaban J connectivity index is 1.39. The van der Waals surface area contributed by atoms with Gasteiger partial charge >= 0.3 is 0 Å². The van der Waals surface area contributed by atoms with E-state index in [0.717, 1.165) is 24.0 Å². The van der Waals surface area contributed by atoms with Gasteiger partial charge in [-0.05, 0) is 66.3 Å². The lowest BCUT2D eigenvalue weighted by atomic mass is 10.0. The van der Waals surface area contributed by atoms with Crippen LogP contribution in [0, 0.1) is 5.82 Å². The van der Waals surface area contributed by atoms with Crippen molar-refractivity contribution in [1.82, 2.24) is 9.21 Å². The Morgan fingerprint density at radius 1 is 0.970 bits per heavy atom. The molecule has 1 aliphatic heterocycles. The molecule has 0 bridgehead atoms. The average molecular weight is 465 g/mol. The van der Waals surface area contributed by atoms with Gasteiger partial charge in [0.05, 0.1) is 4.90 Å². The van der Waals surface area contributed by atoms with Gasteiger partial charge in [0.1, 0.15) is 5.82 Å². The lowest BCUT2D eigenvalue weighted by Gasteiger charge is -2.28. The van der Waals surface area contributed by atoms with Crippen LogP contribution in [0.4, 0.5) is 4.39 Å². The van der Waals surface area contributed by atoms with E-state index in [2.05, 4.69) is 0 Å². The monoisotopic (exact) mass is 464 g/mol. The second-order valence-corrected chi connectivity index (χ2v) is 10.6. The number of fused-ring (bicyclic) bond motifs is 1. The van der Waals surface area contributed by atoms with Gasteiger partial charge in [0.15, 0.2) is 0 Å². The summed E-state index contributed by atoms with van der Waals surface area (Å²) in [4.78, 5) is 15.3. The van der Waals surface area contributed by atoms with Crippen molar-refractivity contribution in [1.29, 1.82) is 0 Å². The molecule has 1 heterocycles. The molecule has 170 valence electrons. The highest BCUT2D eigenvalue weighted by molar-refractivity contribution is 7.89. The van der Waals surface area contributed by atoms with Crippen molar-refractivity contribution in [2.45, 2.75) is 43.3 Å². The van der Waals surface area contributed by atoms with E-state index >= 15 is 0 Å². The standard InChI is InChI=1S/C26H25FN2O3S/c27-23-10-8-19(9-11-23)17-29(24-12-13-24)26(30)21-6-3-7-25(16-21)33(31,32)28-15-14-20-4-1-2-5-22(20)18-28/h1-11,16,24H,12-15,17-18H2. The number of carbonyl (C=O) groups is 1. The van der Waals surface area contributed by atoms with E-state index in [0.29, 0.717) is 31.6 Å². The van der Waals surface area contributed by atoms with Crippen LogP contribution >= 0.6 is 0 Å². The van der Waals surface area contributed by atoms with Crippen molar-refractivity contribution in [2.75, 3.05) is 6.54 Å². The molecular formula is C26H25FN2O3S. The number of hydrogen-bond acceptors (Lipinski definition) is 3. The summed E-state index contributed by atoms with van der Waals surface area (Å²) in [5.74, 6) is -0.524. The number of hydrogen-bond donors (Lipinski definition) is 0. The summed E-state index contributed by atoms with van der Waals surface area (Å²) in [6, 6.07) is 20.4. The zero-order chi connectivity index (χ0) is 23.0. The Kier molecular flexibility index (Phi) is 5.76. The van der Waals surface area contributed by atoms with Crippen molar-refractivity contribution in [2.24, 2.45) is 0 Å². The van der Waals surface area contributed by atoms with Gasteiger partial charge < -0.3 is 4.90 Å². The van der Waals surface area contributed by atoms with E-state index < -0.39 is 10.0 Å². The minimum absolute atomic E-state index is 0.126. The summed E-state index contributed by atoms with van der Waals surface area (Å²) in [5.41, 5.74) is 3.38. The highest BCUT2D eigenvalue weighted by atomic mass is 32.2.